The van der Waals surface area contributed by atoms with Crippen LogP contribution in [0.3, 0.4) is 0 Å². The third-order valence-electron chi connectivity index (χ3n) is 10.3. The van der Waals surface area contributed by atoms with Crippen molar-refractivity contribution >= 4 is 0 Å². The van der Waals surface area contributed by atoms with Gasteiger partial charge in [0.05, 0.1) is 0 Å². The molecule has 3 nitrogen and oxygen atoms in total. The highest BCUT2D eigenvalue weighted by molar-refractivity contribution is 4.64. The lowest BCUT2D eigenvalue weighted by molar-refractivity contribution is 0.235. The molecule has 0 rings (SSSR count). The first-order chi connectivity index (χ1) is 21.7. The molecule has 0 saturated carbocycles. The lowest BCUT2D eigenvalue weighted by Crippen LogP contribution is -2.21. The molecule has 0 aromatic carbocycles. The van der Waals surface area contributed by atoms with Crippen molar-refractivity contribution in [3.05, 3.63) is 0 Å². The van der Waals surface area contributed by atoms with Gasteiger partial charge in [-0.05, 0) is 57.7 Å². The highest BCUT2D eigenvalue weighted by Crippen LogP contribution is 2.23. The van der Waals surface area contributed by atoms with E-state index >= 15 is 0 Å². The molecule has 0 heterocycles. The third kappa shape index (κ3) is 33.2. The largest absolute Gasteiger partial charge is 0.396 e. The Kier molecular flexibility index (Phi) is 37.2. The normalized spacial score (nSPS) is 13.2. The predicted octanol–water partition coefficient (Wildman–Crippen LogP) is 12.7. The van der Waals surface area contributed by atoms with Crippen LogP contribution in [0.5, 0.6) is 0 Å². The van der Waals surface area contributed by atoms with Crippen LogP contribution in [0.1, 0.15) is 219 Å². The van der Waals surface area contributed by atoms with Gasteiger partial charge >= 0.3 is 0 Å². The van der Waals surface area contributed by atoms with Crippen molar-refractivity contribution in [1.82, 2.24) is 4.90 Å². The maximum absolute atomic E-state index is 9.56. The average molecular weight is 624 g/mol. The Morgan fingerprint density at radius 2 is 0.591 bits per heavy atom. The zero-order valence-corrected chi connectivity index (χ0v) is 31.0. The molecule has 0 radical (unpaired) electrons. The summed E-state index contributed by atoms with van der Waals surface area (Å²) >= 11 is 0. The number of hydrogen-bond donors (Lipinski definition) is 2. The Hall–Kier alpha value is -0.120. The minimum Gasteiger partial charge on any atom is -0.396 e. The third-order valence-corrected chi connectivity index (χ3v) is 10.3. The zero-order valence-electron chi connectivity index (χ0n) is 31.0. The lowest BCUT2D eigenvalue weighted by Gasteiger charge is -2.20. The fourth-order valence-electron chi connectivity index (χ4n) is 7.17. The Bertz CT molecular complexity index is 469. The second kappa shape index (κ2) is 37.3. The monoisotopic (exact) mass is 624 g/mol. The molecule has 2 unspecified atom stereocenters. The number of aliphatic hydroxyl groups excluding tert-OH is 2. The van der Waals surface area contributed by atoms with Crippen molar-refractivity contribution in [3.63, 3.8) is 0 Å². The van der Waals surface area contributed by atoms with Gasteiger partial charge in [0, 0.05) is 13.2 Å². The number of hydrogen-bond acceptors (Lipinski definition) is 3. The van der Waals surface area contributed by atoms with Gasteiger partial charge in [0.25, 0.3) is 0 Å². The van der Waals surface area contributed by atoms with Crippen molar-refractivity contribution < 1.29 is 10.2 Å². The minimum atomic E-state index is 0.360. The molecule has 266 valence electrons. The molecule has 0 fully saturated rings. The summed E-state index contributed by atoms with van der Waals surface area (Å²) in [5.41, 5.74) is 0. The van der Waals surface area contributed by atoms with Gasteiger partial charge in [-0.2, -0.15) is 0 Å². The average Bonchev–Trinajstić information content (AvgIpc) is 3.02. The van der Waals surface area contributed by atoms with E-state index in [4.69, 9.17) is 0 Å². The molecule has 0 spiro atoms. The summed E-state index contributed by atoms with van der Waals surface area (Å²) in [6, 6.07) is 0. The van der Waals surface area contributed by atoms with E-state index in [0.29, 0.717) is 13.2 Å². The van der Waals surface area contributed by atoms with Crippen molar-refractivity contribution in [1.29, 1.82) is 0 Å². The van der Waals surface area contributed by atoms with Crippen molar-refractivity contribution in [2.24, 2.45) is 11.8 Å². The van der Waals surface area contributed by atoms with Crippen LogP contribution in [0.2, 0.25) is 0 Å². The van der Waals surface area contributed by atoms with Gasteiger partial charge in [-0.15, -0.1) is 0 Å². The lowest BCUT2D eigenvalue weighted by atomic mass is 9.92. The molecule has 0 aliphatic carbocycles. The smallest absolute Gasteiger partial charge is 0.0433 e. The SMILES string of the molecule is CCCCCCCCCCCCCC(CCO)CCCCN(C)CCCCC(CCO)CCCCCCCCCCCCC. The van der Waals surface area contributed by atoms with E-state index in [-0.39, 0.29) is 0 Å². The minimum absolute atomic E-state index is 0.360. The summed E-state index contributed by atoms with van der Waals surface area (Å²) in [6.45, 7) is 7.73. The molecule has 0 saturated heterocycles. The zero-order chi connectivity index (χ0) is 32.2. The van der Waals surface area contributed by atoms with Crippen LogP contribution in [-0.2, 0) is 0 Å². The maximum Gasteiger partial charge on any atom is 0.0433 e. The second-order valence-corrected chi connectivity index (χ2v) is 14.7. The molecular formula is C41H85NO2. The standard InChI is InChI=1S/C41H85NO2/c1-4-6-8-10-12-14-16-18-20-22-24-30-40(34-38-43)32-26-28-36-42(3)37-29-27-33-41(35-39-44)31-25-23-21-19-17-15-13-11-9-7-5-2/h40-41,43-44H,4-39H2,1-3H3. The molecule has 0 aliphatic heterocycles. The summed E-state index contributed by atoms with van der Waals surface area (Å²) in [7, 11) is 2.30. The van der Waals surface area contributed by atoms with Gasteiger partial charge < -0.3 is 15.1 Å². The van der Waals surface area contributed by atoms with E-state index in [0.717, 1.165) is 24.7 Å². The first kappa shape index (κ1) is 43.9. The predicted molar refractivity (Wildman–Crippen MR) is 198 cm³/mol. The van der Waals surface area contributed by atoms with Crippen LogP contribution in [0.25, 0.3) is 0 Å². The molecule has 0 aromatic heterocycles. The first-order valence-electron chi connectivity index (χ1n) is 20.6. The van der Waals surface area contributed by atoms with Crippen LogP contribution >= 0.6 is 0 Å². The highest BCUT2D eigenvalue weighted by Gasteiger charge is 2.10. The molecule has 0 aromatic rings. The summed E-state index contributed by atoms with van der Waals surface area (Å²) < 4.78 is 0. The van der Waals surface area contributed by atoms with E-state index in [2.05, 4.69) is 25.8 Å². The Morgan fingerprint density at radius 1 is 0.341 bits per heavy atom. The van der Waals surface area contributed by atoms with Crippen LogP contribution in [0.15, 0.2) is 0 Å². The van der Waals surface area contributed by atoms with E-state index in [1.165, 1.54) is 206 Å². The molecule has 2 N–H and O–H groups in total. The molecule has 0 aliphatic rings. The molecule has 44 heavy (non-hydrogen) atoms. The van der Waals surface area contributed by atoms with Gasteiger partial charge in [-0.1, -0.05) is 194 Å². The fraction of sp³-hybridized carbons (Fsp3) is 1.00. The Labute approximate surface area is 279 Å². The Balaban J connectivity index is 3.73. The number of nitrogens with zero attached hydrogens (tertiary/aromatic N) is 1. The molecular weight excluding hydrogens is 538 g/mol. The van der Waals surface area contributed by atoms with Gasteiger partial charge in [0.1, 0.15) is 0 Å². The van der Waals surface area contributed by atoms with E-state index < -0.39 is 0 Å². The van der Waals surface area contributed by atoms with Crippen LogP contribution < -0.4 is 0 Å². The van der Waals surface area contributed by atoms with Crippen LogP contribution in [0.4, 0.5) is 0 Å². The number of unbranched alkanes of at least 4 members (excludes halogenated alkanes) is 22. The molecule has 0 bridgehead atoms. The summed E-state index contributed by atoms with van der Waals surface area (Å²) in [4.78, 5) is 2.54. The summed E-state index contributed by atoms with van der Waals surface area (Å²) in [6.07, 6.45) is 43.5. The van der Waals surface area contributed by atoms with Gasteiger partial charge in [-0.3, -0.25) is 0 Å². The van der Waals surface area contributed by atoms with Crippen molar-refractivity contribution in [2.75, 3.05) is 33.4 Å². The van der Waals surface area contributed by atoms with Crippen LogP contribution in [0, 0.1) is 11.8 Å². The summed E-state index contributed by atoms with van der Waals surface area (Å²) in [5, 5.41) is 19.1. The van der Waals surface area contributed by atoms with Crippen molar-refractivity contribution in [3.8, 4) is 0 Å². The van der Waals surface area contributed by atoms with E-state index in [1.54, 1.807) is 0 Å². The molecule has 0 amide bonds. The molecule has 3 heteroatoms. The van der Waals surface area contributed by atoms with Crippen LogP contribution in [-0.4, -0.2) is 48.5 Å². The highest BCUT2D eigenvalue weighted by atomic mass is 16.3. The molecule has 2 atom stereocenters. The van der Waals surface area contributed by atoms with Gasteiger partial charge in [-0.25, -0.2) is 0 Å². The van der Waals surface area contributed by atoms with Crippen molar-refractivity contribution in [2.45, 2.75) is 219 Å². The maximum atomic E-state index is 9.56. The topological polar surface area (TPSA) is 43.7 Å². The quantitative estimate of drug-likeness (QED) is 0.0672. The first-order valence-corrected chi connectivity index (χ1v) is 20.6. The van der Waals surface area contributed by atoms with Gasteiger partial charge in [0.2, 0.25) is 0 Å². The van der Waals surface area contributed by atoms with E-state index in [1.807, 2.05) is 0 Å². The summed E-state index contributed by atoms with van der Waals surface area (Å²) in [5.74, 6) is 1.46. The fourth-order valence-corrected chi connectivity index (χ4v) is 7.17. The Morgan fingerprint density at radius 3 is 0.864 bits per heavy atom. The van der Waals surface area contributed by atoms with E-state index in [9.17, 15) is 10.2 Å². The second-order valence-electron chi connectivity index (χ2n) is 14.7. The number of rotatable bonds is 38. The van der Waals surface area contributed by atoms with Gasteiger partial charge in [0.15, 0.2) is 0 Å². The number of aliphatic hydroxyl groups is 2.